The number of hydrogen-bond acceptors (Lipinski definition) is 4. The van der Waals surface area contributed by atoms with E-state index in [-0.39, 0.29) is 23.8 Å². The molecule has 0 bridgehead atoms. The first-order valence-electron chi connectivity index (χ1n) is 11.7. The number of rotatable bonds is 7. The molecule has 2 aliphatic rings. The first kappa shape index (κ1) is 22.7. The molecule has 1 aliphatic heterocycles. The van der Waals surface area contributed by atoms with E-state index in [0.717, 1.165) is 50.8 Å². The Hall–Kier alpha value is -2.44. The van der Waals surface area contributed by atoms with Crippen LogP contribution in [0, 0.1) is 5.82 Å². The molecular formula is C26H34FN3O2. The van der Waals surface area contributed by atoms with Crippen LogP contribution < -0.4 is 20.7 Å². The summed E-state index contributed by atoms with van der Waals surface area (Å²) in [6, 6.07) is 13.5. The minimum atomic E-state index is -0.210. The third-order valence-electron chi connectivity index (χ3n) is 6.91. The maximum Gasteiger partial charge on any atom is 0.251 e. The molecule has 6 heteroatoms. The summed E-state index contributed by atoms with van der Waals surface area (Å²) in [6.45, 7) is 3.93. The Labute approximate surface area is 190 Å². The number of amides is 1. The van der Waals surface area contributed by atoms with Gasteiger partial charge in [-0.25, -0.2) is 4.39 Å². The summed E-state index contributed by atoms with van der Waals surface area (Å²) in [5, 5.41) is 10.1. The number of hydrogen-bond donors (Lipinski definition) is 3. The molecule has 1 aliphatic carbocycles. The number of nitrogens with one attached hydrogen (secondary N) is 3. The molecule has 2 fully saturated rings. The standard InChI is InChI=1S/C26H34FN3O2/c1-17(24-16-23(32-2)9-10-25(24)27)29-22-8-7-20(15-22)18-3-5-19(6-4-18)26(31)30-21-11-13-28-14-12-21/h3-6,9-10,16-17,20-22,28-29H,7-8,11-15H2,1-2H3,(H,30,31)/t17-,20+,22?/m1/s1. The SMILES string of the molecule is COc1ccc(F)c([C@@H](C)NC2CC[C@H](c3ccc(C(=O)NC4CCNCC4)cc3)C2)c1. The number of methoxy groups -OCH3 is 1. The molecule has 3 atom stereocenters. The summed E-state index contributed by atoms with van der Waals surface area (Å²) in [7, 11) is 1.60. The lowest BCUT2D eigenvalue weighted by atomic mass is 9.96. The third-order valence-corrected chi connectivity index (χ3v) is 6.91. The van der Waals surface area contributed by atoms with Crippen LogP contribution in [0.2, 0.25) is 0 Å². The fraction of sp³-hybridized carbons (Fsp3) is 0.500. The van der Waals surface area contributed by atoms with E-state index >= 15 is 0 Å². The number of benzene rings is 2. The quantitative estimate of drug-likeness (QED) is 0.602. The van der Waals surface area contributed by atoms with Gasteiger partial charge in [0.15, 0.2) is 0 Å². The van der Waals surface area contributed by atoms with E-state index in [2.05, 4.69) is 28.1 Å². The molecular weight excluding hydrogens is 405 g/mol. The Balaban J connectivity index is 1.31. The van der Waals surface area contributed by atoms with E-state index in [9.17, 15) is 9.18 Å². The average molecular weight is 440 g/mol. The lowest BCUT2D eigenvalue weighted by molar-refractivity contribution is 0.0929. The topological polar surface area (TPSA) is 62.4 Å². The average Bonchev–Trinajstić information content (AvgIpc) is 3.28. The van der Waals surface area contributed by atoms with E-state index in [1.807, 2.05) is 19.1 Å². The van der Waals surface area contributed by atoms with Gasteiger partial charge in [0.2, 0.25) is 0 Å². The Morgan fingerprint density at radius 3 is 2.53 bits per heavy atom. The minimum Gasteiger partial charge on any atom is -0.497 e. The molecule has 2 aromatic carbocycles. The van der Waals surface area contributed by atoms with Crippen molar-refractivity contribution in [1.82, 2.24) is 16.0 Å². The van der Waals surface area contributed by atoms with E-state index in [1.165, 1.54) is 11.6 Å². The summed E-state index contributed by atoms with van der Waals surface area (Å²) in [5.74, 6) is 0.933. The van der Waals surface area contributed by atoms with Crippen LogP contribution in [-0.4, -0.2) is 38.2 Å². The van der Waals surface area contributed by atoms with Gasteiger partial charge in [0.25, 0.3) is 5.91 Å². The van der Waals surface area contributed by atoms with Crippen molar-refractivity contribution in [3.8, 4) is 5.75 Å². The van der Waals surface area contributed by atoms with Gasteiger partial charge in [-0.3, -0.25) is 4.79 Å². The summed E-state index contributed by atoms with van der Waals surface area (Å²) < 4.78 is 19.5. The van der Waals surface area contributed by atoms with E-state index in [0.29, 0.717) is 23.3 Å². The highest BCUT2D eigenvalue weighted by Gasteiger charge is 2.28. The second-order valence-corrected chi connectivity index (χ2v) is 9.10. The molecule has 3 N–H and O–H groups in total. The Morgan fingerprint density at radius 2 is 1.81 bits per heavy atom. The van der Waals surface area contributed by atoms with Crippen molar-refractivity contribution in [2.75, 3.05) is 20.2 Å². The zero-order valence-electron chi connectivity index (χ0n) is 19.0. The molecule has 32 heavy (non-hydrogen) atoms. The number of carbonyl (C=O) groups is 1. The fourth-order valence-electron chi connectivity index (χ4n) is 5.00. The largest absolute Gasteiger partial charge is 0.497 e. The van der Waals surface area contributed by atoms with Gasteiger partial charge in [-0.05, 0) is 93.9 Å². The summed E-state index contributed by atoms with van der Waals surface area (Å²) >= 11 is 0. The lowest BCUT2D eigenvalue weighted by Gasteiger charge is -2.23. The van der Waals surface area contributed by atoms with Crippen LogP contribution in [0.1, 0.15) is 72.5 Å². The van der Waals surface area contributed by atoms with Gasteiger partial charge in [0.05, 0.1) is 7.11 Å². The first-order chi connectivity index (χ1) is 15.5. The smallest absolute Gasteiger partial charge is 0.251 e. The molecule has 0 spiro atoms. The van der Waals surface area contributed by atoms with Gasteiger partial charge < -0.3 is 20.7 Å². The third kappa shape index (κ3) is 5.48. The van der Waals surface area contributed by atoms with Crippen LogP contribution in [0.4, 0.5) is 4.39 Å². The fourth-order valence-corrected chi connectivity index (χ4v) is 5.00. The molecule has 1 unspecified atom stereocenters. The molecule has 1 heterocycles. The number of piperidine rings is 1. The maximum atomic E-state index is 14.3. The van der Waals surface area contributed by atoms with Crippen LogP contribution >= 0.6 is 0 Å². The van der Waals surface area contributed by atoms with E-state index in [1.54, 1.807) is 19.2 Å². The number of carbonyl (C=O) groups excluding carboxylic acids is 1. The summed E-state index contributed by atoms with van der Waals surface area (Å²) in [6.07, 6.45) is 5.12. The van der Waals surface area contributed by atoms with Crippen LogP contribution in [0.5, 0.6) is 5.75 Å². The molecule has 5 nitrogen and oxygen atoms in total. The van der Waals surface area contributed by atoms with Crippen molar-refractivity contribution >= 4 is 5.91 Å². The van der Waals surface area contributed by atoms with Gasteiger partial charge >= 0.3 is 0 Å². The molecule has 1 saturated carbocycles. The minimum absolute atomic E-state index is 0.0172. The Bertz CT molecular complexity index is 912. The second-order valence-electron chi connectivity index (χ2n) is 9.10. The second kappa shape index (κ2) is 10.5. The normalized spacial score (nSPS) is 22.5. The highest BCUT2D eigenvalue weighted by Crippen LogP contribution is 2.36. The Morgan fingerprint density at radius 1 is 1.06 bits per heavy atom. The van der Waals surface area contributed by atoms with E-state index in [4.69, 9.17) is 4.74 Å². The molecule has 1 saturated heterocycles. The maximum absolute atomic E-state index is 14.3. The van der Waals surface area contributed by atoms with Gasteiger partial charge in [0.1, 0.15) is 11.6 Å². The van der Waals surface area contributed by atoms with Gasteiger partial charge in [-0.1, -0.05) is 12.1 Å². The summed E-state index contributed by atoms with van der Waals surface area (Å²) in [4.78, 5) is 12.5. The van der Waals surface area contributed by atoms with Crippen LogP contribution in [0.25, 0.3) is 0 Å². The van der Waals surface area contributed by atoms with Crippen LogP contribution in [0.15, 0.2) is 42.5 Å². The summed E-state index contributed by atoms with van der Waals surface area (Å²) in [5.41, 5.74) is 2.63. The highest BCUT2D eigenvalue weighted by atomic mass is 19.1. The number of halogens is 1. The zero-order valence-corrected chi connectivity index (χ0v) is 19.0. The van der Waals surface area contributed by atoms with Gasteiger partial charge in [0, 0.05) is 29.3 Å². The van der Waals surface area contributed by atoms with Crippen molar-refractivity contribution in [2.45, 2.75) is 63.1 Å². The molecule has 0 aromatic heterocycles. The van der Waals surface area contributed by atoms with Crippen molar-refractivity contribution in [2.24, 2.45) is 0 Å². The zero-order chi connectivity index (χ0) is 22.5. The van der Waals surface area contributed by atoms with Gasteiger partial charge in [-0.2, -0.15) is 0 Å². The molecule has 172 valence electrons. The molecule has 2 aromatic rings. The van der Waals surface area contributed by atoms with Crippen LogP contribution in [0.3, 0.4) is 0 Å². The highest BCUT2D eigenvalue weighted by molar-refractivity contribution is 5.94. The predicted octanol–water partition coefficient (Wildman–Crippen LogP) is 4.30. The van der Waals surface area contributed by atoms with Crippen molar-refractivity contribution in [3.63, 3.8) is 0 Å². The van der Waals surface area contributed by atoms with Gasteiger partial charge in [-0.15, -0.1) is 0 Å². The predicted molar refractivity (Wildman–Crippen MR) is 125 cm³/mol. The molecule has 0 radical (unpaired) electrons. The first-order valence-corrected chi connectivity index (χ1v) is 11.7. The monoisotopic (exact) mass is 439 g/mol. The van der Waals surface area contributed by atoms with Crippen LogP contribution in [-0.2, 0) is 0 Å². The molecule has 1 amide bonds. The molecule has 4 rings (SSSR count). The van der Waals surface area contributed by atoms with E-state index < -0.39 is 0 Å². The Kier molecular flexibility index (Phi) is 7.43. The van der Waals surface area contributed by atoms with Crippen molar-refractivity contribution in [1.29, 1.82) is 0 Å². The van der Waals surface area contributed by atoms with Crippen molar-refractivity contribution in [3.05, 3.63) is 65.0 Å². The lowest BCUT2D eigenvalue weighted by Crippen LogP contribution is -2.42. The van der Waals surface area contributed by atoms with Crippen molar-refractivity contribution < 1.29 is 13.9 Å². The number of ether oxygens (including phenoxy) is 1.